The van der Waals surface area contributed by atoms with Crippen molar-refractivity contribution >= 4 is 11.8 Å². The monoisotopic (exact) mass is 325 g/mol. The zero-order valence-corrected chi connectivity index (χ0v) is 13.9. The molecule has 0 spiro atoms. The lowest BCUT2D eigenvalue weighted by Gasteiger charge is -2.30. The molecular formula is C19H19NO4. The molecule has 5 nitrogen and oxygen atoms in total. The van der Waals surface area contributed by atoms with Crippen LogP contribution in [0.2, 0.25) is 0 Å². The van der Waals surface area contributed by atoms with Gasteiger partial charge in [0.1, 0.15) is 5.75 Å². The molecule has 1 aliphatic rings. The van der Waals surface area contributed by atoms with E-state index in [1.54, 1.807) is 19.2 Å². The highest BCUT2D eigenvalue weighted by atomic mass is 16.5. The first-order valence-corrected chi connectivity index (χ1v) is 7.75. The largest absolute Gasteiger partial charge is 0.497 e. The summed E-state index contributed by atoms with van der Waals surface area (Å²) in [4.78, 5) is 28.7. The number of nitrogens with zero attached hydrogens (tertiary/aromatic N) is 1. The SMILES string of the molecule is COc1ccc(-c2cc(C(=O)O)c3c(n2)CC(C)(C)CC3=O)cc1. The Bertz CT molecular complexity index is 822. The first-order valence-electron chi connectivity index (χ1n) is 7.75. The van der Waals surface area contributed by atoms with Gasteiger partial charge in [-0.25, -0.2) is 4.79 Å². The van der Waals surface area contributed by atoms with Gasteiger partial charge in [0, 0.05) is 12.0 Å². The van der Waals surface area contributed by atoms with Crippen molar-refractivity contribution in [3.63, 3.8) is 0 Å². The van der Waals surface area contributed by atoms with Crippen molar-refractivity contribution in [2.75, 3.05) is 7.11 Å². The predicted molar refractivity (Wildman–Crippen MR) is 89.6 cm³/mol. The molecule has 0 saturated carbocycles. The van der Waals surface area contributed by atoms with Crippen LogP contribution < -0.4 is 4.74 Å². The van der Waals surface area contributed by atoms with E-state index in [0.717, 1.165) is 5.56 Å². The molecule has 1 N–H and O–H groups in total. The minimum absolute atomic E-state index is 0.0336. The number of carboxylic acid groups (broad SMARTS) is 1. The number of hydrogen-bond donors (Lipinski definition) is 1. The molecule has 0 fully saturated rings. The van der Waals surface area contributed by atoms with Gasteiger partial charge in [-0.2, -0.15) is 0 Å². The third-order valence-corrected chi connectivity index (χ3v) is 4.27. The summed E-state index contributed by atoms with van der Waals surface area (Å²) in [6, 6.07) is 8.74. The van der Waals surface area contributed by atoms with Gasteiger partial charge in [0.15, 0.2) is 5.78 Å². The van der Waals surface area contributed by atoms with Crippen LogP contribution in [0, 0.1) is 5.41 Å². The number of Topliss-reactive ketones (excluding diaryl/α,β-unsaturated/α-hetero) is 1. The molecule has 1 heterocycles. The fourth-order valence-corrected chi connectivity index (χ4v) is 3.15. The predicted octanol–water partition coefficient (Wildman–Crippen LogP) is 3.61. The average molecular weight is 325 g/mol. The fourth-order valence-electron chi connectivity index (χ4n) is 3.15. The first-order chi connectivity index (χ1) is 11.3. The van der Waals surface area contributed by atoms with E-state index >= 15 is 0 Å². The molecular weight excluding hydrogens is 306 g/mol. The maximum absolute atomic E-state index is 12.4. The Balaban J connectivity index is 2.17. The van der Waals surface area contributed by atoms with Crippen LogP contribution in [-0.4, -0.2) is 29.0 Å². The van der Waals surface area contributed by atoms with Gasteiger partial charge >= 0.3 is 5.97 Å². The van der Waals surface area contributed by atoms with Crippen molar-refractivity contribution in [1.29, 1.82) is 0 Å². The molecule has 0 radical (unpaired) electrons. The van der Waals surface area contributed by atoms with Crippen molar-refractivity contribution < 1.29 is 19.4 Å². The maximum Gasteiger partial charge on any atom is 0.336 e. The second-order valence-corrected chi connectivity index (χ2v) is 6.85. The van der Waals surface area contributed by atoms with Crippen molar-refractivity contribution in [3.8, 4) is 17.0 Å². The lowest BCUT2D eigenvalue weighted by atomic mass is 9.74. The zero-order chi connectivity index (χ0) is 17.5. The van der Waals surface area contributed by atoms with Crippen LogP contribution >= 0.6 is 0 Å². The van der Waals surface area contributed by atoms with Gasteiger partial charge in [0.25, 0.3) is 0 Å². The van der Waals surface area contributed by atoms with Gasteiger partial charge in [-0.1, -0.05) is 13.8 Å². The van der Waals surface area contributed by atoms with Gasteiger partial charge < -0.3 is 9.84 Å². The topological polar surface area (TPSA) is 76.5 Å². The van der Waals surface area contributed by atoms with Crippen LogP contribution in [0.1, 0.15) is 46.7 Å². The van der Waals surface area contributed by atoms with Crippen LogP contribution in [0.4, 0.5) is 0 Å². The number of ether oxygens (including phenoxy) is 1. The third-order valence-electron chi connectivity index (χ3n) is 4.27. The summed E-state index contributed by atoms with van der Waals surface area (Å²) >= 11 is 0. The van der Waals surface area contributed by atoms with Crippen molar-refractivity contribution in [2.24, 2.45) is 5.41 Å². The third kappa shape index (κ3) is 2.89. The summed E-state index contributed by atoms with van der Waals surface area (Å²) < 4.78 is 5.14. The molecule has 0 bridgehead atoms. The van der Waals surface area contributed by atoms with E-state index in [2.05, 4.69) is 4.98 Å². The quantitative estimate of drug-likeness (QED) is 0.933. The molecule has 24 heavy (non-hydrogen) atoms. The highest BCUT2D eigenvalue weighted by molar-refractivity contribution is 6.08. The first kappa shape index (κ1) is 16.2. The molecule has 0 amide bonds. The zero-order valence-electron chi connectivity index (χ0n) is 13.9. The number of rotatable bonds is 3. The Morgan fingerprint density at radius 1 is 1.21 bits per heavy atom. The van der Waals surface area contributed by atoms with Gasteiger partial charge in [0.05, 0.1) is 29.6 Å². The van der Waals surface area contributed by atoms with Crippen molar-refractivity contribution in [1.82, 2.24) is 4.98 Å². The molecule has 124 valence electrons. The summed E-state index contributed by atoms with van der Waals surface area (Å²) in [5.74, 6) is -0.532. The Labute approximate surface area is 140 Å². The van der Waals surface area contributed by atoms with Crippen molar-refractivity contribution in [3.05, 3.63) is 47.2 Å². The highest BCUT2D eigenvalue weighted by Gasteiger charge is 2.35. The van der Waals surface area contributed by atoms with Crippen LogP contribution in [0.3, 0.4) is 0 Å². The number of pyridine rings is 1. The summed E-state index contributed by atoms with van der Waals surface area (Å²) in [5.41, 5.74) is 1.99. The molecule has 3 rings (SSSR count). The molecule has 0 unspecified atom stereocenters. The molecule has 0 atom stereocenters. The van der Waals surface area contributed by atoms with Crippen molar-refractivity contribution in [2.45, 2.75) is 26.7 Å². The summed E-state index contributed by atoms with van der Waals surface area (Å²) in [7, 11) is 1.59. The smallest absolute Gasteiger partial charge is 0.336 e. The number of methoxy groups -OCH3 is 1. The minimum Gasteiger partial charge on any atom is -0.497 e. The lowest BCUT2D eigenvalue weighted by Crippen LogP contribution is -2.30. The molecule has 2 aromatic rings. The van der Waals surface area contributed by atoms with E-state index in [9.17, 15) is 14.7 Å². The standard InChI is InChI=1S/C19H19NO4/c1-19(2)9-15-17(16(21)10-19)13(18(22)23)8-14(20-15)11-4-6-12(24-3)7-5-11/h4-8H,9-10H2,1-3H3,(H,22,23). The van der Waals surface area contributed by atoms with Gasteiger partial charge in [-0.3, -0.25) is 9.78 Å². The van der Waals surface area contributed by atoms with Gasteiger partial charge in [0.2, 0.25) is 0 Å². The molecule has 0 aliphatic heterocycles. The van der Waals surface area contributed by atoms with E-state index in [1.165, 1.54) is 6.07 Å². The van der Waals surface area contributed by atoms with E-state index in [-0.39, 0.29) is 22.3 Å². The lowest BCUT2D eigenvalue weighted by molar-refractivity contribution is 0.0687. The highest BCUT2D eigenvalue weighted by Crippen LogP contribution is 2.36. The summed E-state index contributed by atoms with van der Waals surface area (Å²) in [6.07, 6.45) is 0.919. The minimum atomic E-state index is -1.10. The Hall–Kier alpha value is -2.69. The van der Waals surface area contributed by atoms with E-state index in [4.69, 9.17) is 4.74 Å². The second-order valence-electron chi connectivity index (χ2n) is 6.85. The van der Waals surface area contributed by atoms with Crippen LogP contribution in [0.5, 0.6) is 5.75 Å². The number of carbonyl (C=O) groups is 2. The average Bonchev–Trinajstić information content (AvgIpc) is 2.52. The molecule has 5 heteroatoms. The fraction of sp³-hybridized carbons (Fsp3) is 0.316. The summed E-state index contributed by atoms with van der Waals surface area (Å²) in [5, 5.41) is 9.54. The molecule has 1 aliphatic carbocycles. The van der Waals surface area contributed by atoms with E-state index in [1.807, 2.05) is 26.0 Å². The number of carboxylic acids is 1. The van der Waals surface area contributed by atoms with Crippen LogP contribution in [0.15, 0.2) is 30.3 Å². The maximum atomic E-state index is 12.4. The molecule has 1 aromatic carbocycles. The number of fused-ring (bicyclic) bond motifs is 1. The van der Waals surface area contributed by atoms with Gasteiger partial charge in [-0.15, -0.1) is 0 Å². The van der Waals surface area contributed by atoms with E-state index in [0.29, 0.717) is 30.0 Å². The number of ketones is 1. The Kier molecular flexibility index (Phi) is 3.87. The number of benzene rings is 1. The van der Waals surface area contributed by atoms with Gasteiger partial charge in [-0.05, 0) is 42.2 Å². The van der Waals surface area contributed by atoms with Crippen LogP contribution in [0.25, 0.3) is 11.3 Å². The summed E-state index contributed by atoms with van der Waals surface area (Å²) in [6.45, 7) is 3.99. The Morgan fingerprint density at radius 3 is 2.46 bits per heavy atom. The van der Waals surface area contributed by atoms with E-state index < -0.39 is 5.97 Å². The number of aromatic carboxylic acids is 1. The normalized spacial score (nSPS) is 15.7. The molecule has 0 saturated heterocycles. The Morgan fingerprint density at radius 2 is 1.88 bits per heavy atom. The number of carbonyl (C=O) groups excluding carboxylic acids is 1. The number of aromatic nitrogens is 1. The van der Waals surface area contributed by atoms with Crippen LogP contribution in [-0.2, 0) is 6.42 Å². The number of hydrogen-bond acceptors (Lipinski definition) is 4. The second kappa shape index (κ2) is 5.74. The molecule has 1 aromatic heterocycles.